The lowest BCUT2D eigenvalue weighted by Gasteiger charge is -2.01. The maximum absolute atomic E-state index is 4.35. The fourth-order valence-corrected chi connectivity index (χ4v) is 2.26. The van der Waals surface area contributed by atoms with Gasteiger partial charge in [-0.05, 0) is 25.1 Å². The maximum Gasteiger partial charge on any atom is 0.174 e. The van der Waals surface area contributed by atoms with Crippen molar-refractivity contribution < 1.29 is 0 Å². The van der Waals surface area contributed by atoms with Gasteiger partial charge < -0.3 is 0 Å². The third-order valence-electron chi connectivity index (χ3n) is 3.14. The van der Waals surface area contributed by atoms with Gasteiger partial charge in [-0.3, -0.25) is 4.40 Å². The molecule has 92 valence electrons. The van der Waals surface area contributed by atoms with E-state index in [1.54, 1.807) is 16.9 Å². The predicted molar refractivity (Wildman–Crippen MR) is 69.7 cm³/mol. The predicted octanol–water partition coefficient (Wildman–Crippen LogP) is 1.75. The molecule has 19 heavy (non-hydrogen) atoms. The molecule has 0 radical (unpaired) electrons. The van der Waals surface area contributed by atoms with Gasteiger partial charge in [-0.2, -0.15) is 5.10 Å². The fraction of sp³-hybridized carbons (Fsp3) is 0.0769. The van der Waals surface area contributed by atoms with Crippen LogP contribution in [0.2, 0.25) is 0 Å². The second-order valence-corrected chi connectivity index (χ2v) is 4.33. The number of nitrogens with zero attached hydrogens (tertiary/aromatic N) is 6. The Morgan fingerprint density at radius 3 is 3.00 bits per heavy atom. The van der Waals surface area contributed by atoms with Crippen molar-refractivity contribution in [2.24, 2.45) is 0 Å². The van der Waals surface area contributed by atoms with Crippen LogP contribution in [0, 0.1) is 6.92 Å². The smallest absolute Gasteiger partial charge is 0.174 e. The SMILES string of the molecule is Cc1cccc2nnc(-c3cnn4cccnc34)n12. The van der Waals surface area contributed by atoms with E-state index in [4.69, 9.17) is 0 Å². The summed E-state index contributed by atoms with van der Waals surface area (Å²) in [5, 5.41) is 12.7. The molecule has 0 aliphatic heterocycles. The lowest BCUT2D eigenvalue weighted by molar-refractivity contribution is 0.939. The lowest BCUT2D eigenvalue weighted by Crippen LogP contribution is -1.94. The molecule has 4 rings (SSSR count). The Labute approximate surface area is 108 Å². The number of pyridine rings is 1. The summed E-state index contributed by atoms with van der Waals surface area (Å²) in [6, 6.07) is 7.77. The molecule has 0 atom stereocenters. The Bertz CT molecular complexity index is 888. The molecule has 4 aromatic heterocycles. The monoisotopic (exact) mass is 250 g/mol. The Morgan fingerprint density at radius 2 is 2.05 bits per heavy atom. The quantitative estimate of drug-likeness (QED) is 0.516. The molecule has 4 aromatic rings. The summed E-state index contributed by atoms with van der Waals surface area (Å²) < 4.78 is 3.74. The van der Waals surface area contributed by atoms with Crippen molar-refractivity contribution >= 4 is 11.3 Å². The van der Waals surface area contributed by atoms with Crippen LogP contribution in [-0.2, 0) is 0 Å². The number of hydrogen-bond donors (Lipinski definition) is 0. The van der Waals surface area contributed by atoms with Gasteiger partial charge in [-0.25, -0.2) is 9.50 Å². The van der Waals surface area contributed by atoms with Crippen LogP contribution in [0.3, 0.4) is 0 Å². The van der Waals surface area contributed by atoms with Gasteiger partial charge in [-0.15, -0.1) is 10.2 Å². The first-order valence-electron chi connectivity index (χ1n) is 5.94. The molecule has 0 N–H and O–H groups in total. The summed E-state index contributed by atoms with van der Waals surface area (Å²) in [5.74, 6) is 0.766. The molecule has 0 saturated carbocycles. The first-order valence-corrected chi connectivity index (χ1v) is 5.94. The summed E-state index contributed by atoms with van der Waals surface area (Å²) in [6.07, 6.45) is 5.38. The van der Waals surface area contributed by atoms with Crippen molar-refractivity contribution in [3.05, 3.63) is 48.5 Å². The van der Waals surface area contributed by atoms with Gasteiger partial charge in [0.25, 0.3) is 0 Å². The molecule has 0 fully saturated rings. The minimum absolute atomic E-state index is 0.766. The number of rotatable bonds is 1. The van der Waals surface area contributed by atoms with Crippen molar-refractivity contribution in [2.45, 2.75) is 6.92 Å². The van der Waals surface area contributed by atoms with E-state index in [0.29, 0.717) is 0 Å². The molecule has 0 amide bonds. The van der Waals surface area contributed by atoms with Crippen LogP contribution in [0.15, 0.2) is 42.9 Å². The molecule has 0 unspecified atom stereocenters. The van der Waals surface area contributed by atoms with Crippen LogP contribution < -0.4 is 0 Å². The molecule has 0 bridgehead atoms. The second-order valence-electron chi connectivity index (χ2n) is 4.33. The van der Waals surface area contributed by atoms with E-state index in [0.717, 1.165) is 28.4 Å². The van der Waals surface area contributed by atoms with Gasteiger partial charge in [0.05, 0.1) is 11.8 Å². The number of fused-ring (bicyclic) bond motifs is 2. The largest absolute Gasteiger partial charge is 0.279 e. The second kappa shape index (κ2) is 3.61. The van der Waals surface area contributed by atoms with Crippen LogP contribution >= 0.6 is 0 Å². The number of hydrogen-bond acceptors (Lipinski definition) is 4. The molecule has 0 aliphatic rings. The number of aryl methyl sites for hydroxylation is 1. The van der Waals surface area contributed by atoms with E-state index in [-0.39, 0.29) is 0 Å². The van der Waals surface area contributed by atoms with Gasteiger partial charge >= 0.3 is 0 Å². The Balaban J connectivity index is 2.10. The van der Waals surface area contributed by atoms with Crippen LogP contribution in [0.25, 0.3) is 22.7 Å². The van der Waals surface area contributed by atoms with E-state index in [1.165, 1.54) is 0 Å². The summed E-state index contributed by atoms with van der Waals surface area (Å²) in [4.78, 5) is 4.35. The van der Waals surface area contributed by atoms with Crippen LogP contribution in [0.4, 0.5) is 0 Å². The normalized spacial score (nSPS) is 11.4. The zero-order chi connectivity index (χ0) is 12.8. The summed E-state index contributed by atoms with van der Waals surface area (Å²) in [6.45, 7) is 2.03. The van der Waals surface area contributed by atoms with Gasteiger partial charge in [-0.1, -0.05) is 6.07 Å². The summed E-state index contributed by atoms with van der Waals surface area (Å²) in [5.41, 5.74) is 3.56. The van der Waals surface area contributed by atoms with Gasteiger partial charge in [0, 0.05) is 18.1 Å². The molecular weight excluding hydrogens is 240 g/mol. The summed E-state index contributed by atoms with van der Waals surface area (Å²) in [7, 11) is 0. The Morgan fingerprint density at radius 1 is 1.11 bits per heavy atom. The molecule has 6 heteroatoms. The van der Waals surface area contributed by atoms with Crippen molar-refractivity contribution in [2.75, 3.05) is 0 Å². The minimum atomic E-state index is 0.766. The average Bonchev–Trinajstić information content (AvgIpc) is 3.02. The highest BCUT2D eigenvalue weighted by Gasteiger charge is 2.14. The molecule has 0 aliphatic carbocycles. The highest BCUT2D eigenvalue weighted by atomic mass is 15.3. The van der Waals surface area contributed by atoms with E-state index in [2.05, 4.69) is 20.3 Å². The molecular formula is C13H10N6. The van der Waals surface area contributed by atoms with Crippen molar-refractivity contribution in [1.29, 1.82) is 0 Å². The molecule has 0 saturated heterocycles. The maximum atomic E-state index is 4.35. The molecule has 0 aromatic carbocycles. The zero-order valence-corrected chi connectivity index (χ0v) is 10.2. The first kappa shape index (κ1) is 10.2. The van der Waals surface area contributed by atoms with Gasteiger partial charge in [0.1, 0.15) is 0 Å². The third-order valence-corrected chi connectivity index (χ3v) is 3.14. The Hall–Kier alpha value is -2.76. The van der Waals surface area contributed by atoms with Crippen molar-refractivity contribution in [3.8, 4) is 11.4 Å². The minimum Gasteiger partial charge on any atom is -0.279 e. The van der Waals surface area contributed by atoms with E-state index in [1.807, 2.05) is 41.8 Å². The van der Waals surface area contributed by atoms with Crippen LogP contribution in [0.1, 0.15) is 5.69 Å². The van der Waals surface area contributed by atoms with Crippen LogP contribution in [-0.4, -0.2) is 29.2 Å². The van der Waals surface area contributed by atoms with Crippen molar-refractivity contribution in [3.63, 3.8) is 0 Å². The summed E-state index contributed by atoms with van der Waals surface area (Å²) >= 11 is 0. The molecule has 6 nitrogen and oxygen atoms in total. The topological polar surface area (TPSA) is 60.4 Å². The number of aromatic nitrogens is 6. The van der Waals surface area contributed by atoms with E-state index >= 15 is 0 Å². The Kier molecular flexibility index (Phi) is 1.94. The average molecular weight is 250 g/mol. The van der Waals surface area contributed by atoms with Gasteiger partial charge in [0.15, 0.2) is 17.1 Å². The lowest BCUT2D eigenvalue weighted by atomic mass is 10.3. The fourth-order valence-electron chi connectivity index (χ4n) is 2.26. The van der Waals surface area contributed by atoms with Crippen molar-refractivity contribution in [1.82, 2.24) is 29.2 Å². The first-order chi connectivity index (χ1) is 9.34. The standard InChI is InChI=1S/C13H10N6/c1-9-4-2-5-11-16-17-13(19(9)11)10-8-15-18-7-3-6-14-12(10)18/h2-8H,1H3. The van der Waals surface area contributed by atoms with E-state index in [9.17, 15) is 0 Å². The van der Waals surface area contributed by atoms with E-state index < -0.39 is 0 Å². The zero-order valence-electron chi connectivity index (χ0n) is 10.2. The highest BCUT2D eigenvalue weighted by Crippen LogP contribution is 2.22. The van der Waals surface area contributed by atoms with Crippen LogP contribution in [0.5, 0.6) is 0 Å². The van der Waals surface area contributed by atoms with Gasteiger partial charge in [0.2, 0.25) is 0 Å². The molecule has 0 spiro atoms. The highest BCUT2D eigenvalue weighted by molar-refractivity contribution is 5.73. The molecule has 4 heterocycles. The third kappa shape index (κ3) is 1.36.